The van der Waals surface area contributed by atoms with Crippen LogP contribution in [-0.4, -0.2) is 32.8 Å². The first-order valence-electron chi connectivity index (χ1n) is 11.6. The van der Waals surface area contributed by atoms with Crippen LogP contribution in [-0.2, 0) is 16.1 Å². The third kappa shape index (κ3) is 3.71. The fourth-order valence-electron chi connectivity index (χ4n) is 5.15. The Morgan fingerprint density at radius 3 is 2.61 bits per heavy atom. The maximum atomic E-state index is 12.4. The summed E-state index contributed by atoms with van der Waals surface area (Å²) in [5.41, 5.74) is 3.42. The van der Waals surface area contributed by atoms with E-state index in [0.29, 0.717) is 18.0 Å². The van der Waals surface area contributed by atoms with Crippen LogP contribution in [0.2, 0.25) is 5.02 Å². The van der Waals surface area contributed by atoms with Crippen LogP contribution in [0, 0.1) is 18.8 Å². The number of carbonyl (C=O) groups excluding carboxylic acids is 2. The molecule has 2 aromatic heterocycles. The Labute approximate surface area is 200 Å². The summed E-state index contributed by atoms with van der Waals surface area (Å²) < 4.78 is 7.43. The van der Waals surface area contributed by atoms with Crippen LogP contribution < -0.4 is 4.74 Å². The van der Waals surface area contributed by atoms with Crippen molar-refractivity contribution in [2.24, 2.45) is 11.8 Å². The standard InChI is InChI=1S/C25H24ClN3O3S/c1-13-7-14(26)8-19(22(13)32-15-5-3-2-4-6-15)21-23-20(27-12-28-21)9-16(33-23)11-29-24(30)17-10-18(17)25(29)31/h7-9,12,15,17-18H,2-6,10-11H2,1H3. The predicted octanol–water partition coefficient (Wildman–Crippen LogP) is 5.54. The Kier molecular flexibility index (Phi) is 5.14. The summed E-state index contributed by atoms with van der Waals surface area (Å²) in [6.07, 6.45) is 8.23. The third-order valence-corrected chi connectivity index (χ3v) is 8.30. The molecule has 0 radical (unpaired) electrons. The van der Waals surface area contributed by atoms with Gasteiger partial charge < -0.3 is 4.74 Å². The summed E-state index contributed by atoms with van der Waals surface area (Å²) in [7, 11) is 0. The van der Waals surface area contributed by atoms with E-state index < -0.39 is 0 Å². The van der Waals surface area contributed by atoms with Gasteiger partial charge in [-0.3, -0.25) is 14.5 Å². The molecule has 2 aliphatic carbocycles. The summed E-state index contributed by atoms with van der Waals surface area (Å²) in [5.74, 6) is 0.573. The summed E-state index contributed by atoms with van der Waals surface area (Å²) >= 11 is 7.98. The predicted molar refractivity (Wildman–Crippen MR) is 127 cm³/mol. The van der Waals surface area contributed by atoms with Gasteiger partial charge in [-0.15, -0.1) is 11.3 Å². The number of carbonyl (C=O) groups is 2. The van der Waals surface area contributed by atoms with Crippen LogP contribution >= 0.6 is 22.9 Å². The zero-order valence-electron chi connectivity index (χ0n) is 18.3. The van der Waals surface area contributed by atoms with E-state index in [1.807, 2.05) is 25.1 Å². The number of fused-ring (bicyclic) bond motifs is 2. The van der Waals surface area contributed by atoms with Crippen molar-refractivity contribution in [2.75, 3.05) is 0 Å². The minimum Gasteiger partial charge on any atom is -0.489 e. The highest BCUT2D eigenvalue weighted by atomic mass is 35.5. The van der Waals surface area contributed by atoms with Crippen LogP contribution in [0.25, 0.3) is 21.5 Å². The molecule has 0 bridgehead atoms. The number of ether oxygens (including phenoxy) is 1. The number of rotatable bonds is 5. The SMILES string of the molecule is Cc1cc(Cl)cc(-c2ncnc3cc(CN4C(=O)C5CC5C4=O)sc23)c1OC1CCCCC1. The molecule has 1 aliphatic heterocycles. The van der Waals surface area contributed by atoms with Gasteiger partial charge in [-0.25, -0.2) is 9.97 Å². The Bertz CT molecular complexity index is 1260. The number of piperidine rings is 1. The molecule has 2 saturated carbocycles. The van der Waals surface area contributed by atoms with E-state index in [2.05, 4.69) is 9.97 Å². The molecule has 33 heavy (non-hydrogen) atoms. The molecular formula is C25H24ClN3O3S. The van der Waals surface area contributed by atoms with Crippen LogP contribution in [0.4, 0.5) is 0 Å². The molecule has 1 aromatic carbocycles. The third-order valence-electron chi connectivity index (χ3n) is 6.96. The van der Waals surface area contributed by atoms with Gasteiger partial charge in [0.15, 0.2) is 0 Å². The molecule has 2 unspecified atom stereocenters. The number of likely N-dealkylation sites (tertiary alicyclic amines) is 1. The van der Waals surface area contributed by atoms with Crippen LogP contribution in [0.1, 0.15) is 49.0 Å². The number of nitrogens with zero attached hydrogens (tertiary/aromatic N) is 3. The van der Waals surface area contributed by atoms with Gasteiger partial charge in [0.25, 0.3) is 0 Å². The molecule has 0 spiro atoms. The van der Waals surface area contributed by atoms with Crippen molar-refractivity contribution in [3.63, 3.8) is 0 Å². The highest BCUT2D eigenvalue weighted by Crippen LogP contribution is 2.48. The number of hydrogen-bond acceptors (Lipinski definition) is 6. The number of aromatic nitrogens is 2. The van der Waals surface area contributed by atoms with Crippen molar-refractivity contribution in [3.8, 4) is 17.0 Å². The second-order valence-electron chi connectivity index (χ2n) is 9.34. The normalized spacial score (nSPS) is 22.8. The Morgan fingerprint density at radius 2 is 1.85 bits per heavy atom. The number of halogens is 1. The van der Waals surface area contributed by atoms with E-state index in [4.69, 9.17) is 16.3 Å². The average molecular weight is 482 g/mol. The van der Waals surface area contributed by atoms with E-state index in [0.717, 1.165) is 50.5 Å². The van der Waals surface area contributed by atoms with Crippen molar-refractivity contribution in [3.05, 3.63) is 40.0 Å². The van der Waals surface area contributed by atoms with Crippen molar-refractivity contribution in [2.45, 2.75) is 58.1 Å². The zero-order valence-corrected chi connectivity index (χ0v) is 19.9. The molecule has 0 N–H and O–H groups in total. The first kappa shape index (κ1) is 21.1. The van der Waals surface area contributed by atoms with Gasteiger partial charge in [0.05, 0.1) is 40.4 Å². The van der Waals surface area contributed by atoms with E-state index in [1.54, 1.807) is 6.33 Å². The number of amides is 2. The topological polar surface area (TPSA) is 72.4 Å². The van der Waals surface area contributed by atoms with Gasteiger partial charge in [0, 0.05) is 15.5 Å². The molecule has 1 saturated heterocycles. The fraction of sp³-hybridized carbons (Fsp3) is 0.440. The van der Waals surface area contributed by atoms with E-state index in [-0.39, 0.29) is 29.8 Å². The number of hydrogen-bond donors (Lipinski definition) is 0. The second-order valence-corrected chi connectivity index (χ2v) is 10.9. The van der Waals surface area contributed by atoms with Gasteiger partial charge in [0.2, 0.25) is 11.8 Å². The number of imide groups is 1. The summed E-state index contributed by atoms with van der Waals surface area (Å²) in [6.45, 7) is 2.31. The molecular weight excluding hydrogens is 458 g/mol. The summed E-state index contributed by atoms with van der Waals surface area (Å²) in [5, 5.41) is 0.634. The Morgan fingerprint density at radius 1 is 1.09 bits per heavy atom. The van der Waals surface area contributed by atoms with Gasteiger partial charge in [0.1, 0.15) is 12.1 Å². The number of aryl methyl sites for hydroxylation is 1. The average Bonchev–Trinajstić information content (AvgIpc) is 3.44. The molecule has 3 fully saturated rings. The molecule has 6 nitrogen and oxygen atoms in total. The maximum absolute atomic E-state index is 12.4. The quantitative estimate of drug-likeness (QED) is 0.447. The molecule has 170 valence electrons. The lowest BCUT2D eigenvalue weighted by molar-refractivity contribution is -0.141. The number of benzene rings is 1. The fourth-order valence-corrected chi connectivity index (χ4v) is 6.52. The maximum Gasteiger partial charge on any atom is 0.233 e. The van der Waals surface area contributed by atoms with E-state index in [1.165, 1.54) is 35.5 Å². The van der Waals surface area contributed by atoms with E-state index >= 15 is 0 Å². The smallest absolute Gasteiger partial charge is 0.233 e. The van der Waals surface area contributed by atoms with Gasteiger partial charge >= 0.3 is 0 Å². The van der Waals surface area contributed by atoms with Gasteiger partial charge in [-0.1, -0.05) is 18.0 Å². The second kappa shape index (κ2) is 8.06. The molecule has 2 amide bonds. The van der Waals surface area contributed by atoms with Crippen molar-refractivity contribution in [1.82, 2.24) is 14.9 Å². The Balaban J connectivity index is 1.38. The van der Waals surface area contributed by atoms with Gasteiger partial charge in [-0.05, 0) is 62.8 Å². The lowest BCUT2D eigenvalue weighted by Crippen LogP contribution is -2.31. The lowest BCUT2D eigenvalue weighted by atomic mass is 9.97. The summed E-state index contributed by atoms with van der Waals surface area (Å²) in [6, 6.07) is 5.79. The molecule has 6 rings (SSSR count). The van der Waals surface area contributed by atoms with Gasteiger partial charge in [-0.2, -0.15) is 0 Å². The first-order chi connectivity index (χ1) is 16.0. The number of thiophene rings is 1. The molecule has 2 atom stereocenters. The first-order valence-corrected chi connectivity index (χ1v) is 12.7. The van der Waals surface area contributed by atoms with Crippen molar-refractivity contribution >= 4 is 45.0 Å². The largest absolute Gasteiger partial charge is 0.489 e. The minimum atomic E-state index is -0.0869. The summed E-state index contributed by atoms with van der Waals surface area (Å²) in [4.78, 5) is 36.2. The molecule has 3 aliphatic rings. The van der Waals surface area contributed by atoms with Crippen LogP contribution in [0.5, 0.6) is 5.75 Å². The monoisotopic (exact) mass is 481 g/mol. The highest BCUT2D eigenvalue weighted by molar-refractivity contribution is 7.19. The van der Waals surface area contributed by atoms with E-state index in [9.17, 15) is 9.59 Å². The molecule has 8 heteroatoms. The molecule has 3 aromatic rings. The Hall–Kier alpha value is -2.51. The lowest BCUT2D eigenvalue weighted by Gasteiger charge is -2.25. The molecule has 3 heterocycles. The zero-order chi connectivity index (χ0) is 22.7. The van der Waals surface area contributed by atoms with Crippen molar-refractivity contribution < 1.29 is 14.3 Å². The van der Waals surface area contributed by atoms with Crippen LogP contribution in [0.3, 0.4) is 0 Å². The van der Waals surface area contributed by atoms with Crippen molar-refractivity contribution in [1.29, 1.82) is 0 Å². The van der Waals surface area contributed by atoms with Crippen LogP contribution in [0.15, 0.2) is 24.5 Å². The minimum absolute atomic E-state index is 0.0394. The highest BCUT2D eigenvalue weighted by Gasteiger charge is 2.58.